The van der Waals surface area contributed by atoms with Crippen LogP contribution in [0, 0.1) is 5.82 Å². The molecule has 1 aromatic heterocycles. The number of benzene rings is 1. The molecule has 0 saturated heterocycles. The second kappa shape index (κ2) is 7.35. The normalized spacial score (nSPS) is 11.7. The van der Waals surface area contributed by atoms with Crippen LogP contribution >= 0.6 is 0 Å². The molecule has 2 amide bonds. The quantitative estimate of drug-likeness (QED) is 0.889. The van der Waals surface area contributed by atoms with E-state index < -0.39 is 11.8 Å². The Labute approximate surface area is 122 Å². The van der Waals surface area contributed by atoms with Crippen molar-refractivity contribution in [2.24, 2.45) is 0 Å². The molecule has 0 fully saturated rings. The van der Waals surface area contributed by atoms with Gasteiger partial charge in [-0.25, -0.2) is 9.18 Å². The molecule has 0 aliphatic rings. The summed E-state index contributed by atoms with van der Waals surface area (Å²) in [6.07, 6.45) is 2.45. The molecule has 1 atom stereocenters. The standard InChI is InChI=1S/C15H16FN3O2/c1-21-10-14(11-5-3-2-4-6-11)19-15(20)18-13-7-8-17-9-12(13)16/h2-9,14H,10H2,1H3,(H2,17,18,19,20)/t14-/m0/s1. The van der Waals surface area contributed by atoms with E-state index >= 15 is 0 Å². The summed E-state index contributed by atoms with van der Waals surface area (Å²) in [5.41, 5.74) is 0.983. The molecular weight excluding hydrogens is 273 g/mol. The van der Waals surface area contributed by atoms with Gasteiger partial charge in [0.05, 0.1) is 24.5 Å². The van der Waals surface area contributed by atoms with E-state index in [9.17, 15) is 9.18 Å². The van der Waals surface area contributed by atoms with Crippen LogP contribution in [-0.2, 0) is 4.74 Å². The highest BCUT2D eigenvalue weighted by atomic mass is 19.1. The van der Waals surface area contributed by atoms with Gasteiger partial charge in [0.1, 0.15) is 0 Å². The number of methoxy groups -OCH3 is 1. The average Bonchev–Trinajstić information content (AvgIpc) is 2.50. The molecule has 2 rings (SSSR count). The first-order valence-electron chi connectivity index (χ1n) is 6.41. The Morgan fingerprint density at radius 3 is 2.76 bits per heavy atom. The Bertz CT molecular complexity index is 592. The number of anilines is 1. The fourth-order valence-corrected chi connectivity index (χ4v) is 1.87. The van der Waals surface area contributed by atoms with E-state index in [1.807, 2.05) is 30.3 Å². The number of aromatic nitrogens is 1. The van der Waals surface area contributed by atoms with E-state index in [-0.39, 0.29) is 11.7 Å². The fourth-order valence-electron chi connectivity index (χ4n) is 1.87. The first-order chi connectivity index (χ1) is 10.2. The Hall–Kier alpha value is -2.47. The molecular formula is C15H16FN3O2. The Morgan fingerprint density at radius 2 is 2.10 bits per heavy atom. The molecule has 1 aromatic carbocycles. The zero-order valence-corrected chi connectivity index (χ0v) is 11.5. The van der Waals surface area contributed by atoms with Gasteiger partial charge in [-0.2, -0.15) is 0 Å². The third-order valence-electron chi connectivity index (χ3n) is 2.86. The molecule has 0 radical (unpaired) electrons. The van der Waals surface area contributed by atoms with Gasteiger partial charge in [-0.15, -0.1) is 0 Å². The maximum atomic E-state index is 13.4. The number of pyridine rings is 1. The van der Waals surface area contributed by atoms with Crippen molar-refractivity contribution in [2.75, 3.05) is 19.0 Å². The van der Waals surface area contributed by atoms with Gasteiger partial charge in [-0.1, -0.05) is 30.3 Å². The van der Waals surface area contributed by atoms with Crippen molar-refractivity contribution in [1.29, 1.82) is 0 Å². The minimum absolute atomic E-state index is 0.0757. The molecule has 5 nitrogen and oxygen atoms in total. The summed E-state index contributed by atoms with van der Waals surface area (Å²) < 4.78 is 18.5. The second-order valence-corrected chi connectivity index (χ2v) is 4.37. The second-order valence-electron chi connectivity index (χ2n) is 4.37. The number of rotatable bonds is 5. The molecule has 1 heterocycles. The fraction of sp³-hybridized carbons (Fsp3) is 0.200. The van der Waals surface area contributed by atoms with Gasteiger partial charge in [0.15, 0.2) is 5.82 Å². The van der Waals surface area contributed by atoms with Crippen LogP contribution in [0.15, 0.2) is 48.8 Å². The van der Waals surface area contributed by atoms with Crippen LogP contribution in [0.5, 0.6) is 0 Å². The minimum Gasteiger partial charge on any atom is -0.382 e. The molecule has 6 heteroatoms. The number of hydrogen-bond acceptors (Lipinski definition) is 3. The van der Waals surface area contributed by atoms with Gasteiger partial charge >= 0.3 is 6.03 Å². The topological polar surface area (TPSA) is 63.2 Å². The molecule has 21 heavy (non-hydrogen) atoms. The average molecular weight is 289 g/mol. The van der Waals surface area contributed by atoms with Crippen molar-refractivity contribution in [3.05, 3.63) is 60.2 Å². The summed E-state index contributed by atoms with van der Waals surface area (Å²) in [5.74, 6) is -0.587. The van der Waals surface area contributed by atoms with Gasteiger partial charge in [0, 0.05) is 13.3 Å². The molecule has 2 N–H and O–H groups in total. The summed E-state index contributed by atoms with van der Waals surface area (Å²) >= 11 is 0. The van der Waals surface area contributed by atoms with Crippen molar-refractivity contribution in [1.82, 2.24) is 10.3 Å². The summed E-state index contributed by atoms with van der Waals surface area (Å²) in [6.45, 7) is 0.316. The third kappa shape index (κ3) is 4.25. The highest BCUT2D eigenvalue weighted by Gasteiger charge is 2.15. The van der Waals surface area contributed by atoms with Gasteiger partial charge in [0.25, 0.3) is 0 Å². The number of hydrogen-bond donors (Lipinski definition) is 2. The van der Waals surface area contributed by atoms with Crippen LogP contribution in [0.3, 0.4) is 0 Å². The molecule has 110 valence electrons. The lowest BCUT2D eigenvalue weighted by atomic mass is 10.1. The molecule has 0 saturated carbocycles. The number of ether oxygens (including phenoxy) is 1. The zero-order valence-electron chi connectivity index (χ0n) is 11.5. The van der Waals surface area contributed by atoms with Crippen LogP contribution in [0.1, 0.15) is 11.6 Å². The summed E-state index contributed by atoms with van der Waals surface area (Å²) in [6, 6.07) is 9.98. The maximum Gasteiger partial charge on any atom is 0.319 e. The van der Waals surface area contributed by atoms with Crippen LogP contribution < -0.4 is 10.6 Å². The number of carbonyl (C=O) groups excluding carboxylic acids is 1. The third-order valence-corrected chi connectivity index (χ3v) is 2.86. The van der Waals surface area contributed by atoms with Crippen molar-refractivity contribution < 1.29 is 13.9 Å². The summed E-state index contributed by atoms with van der Waals surface area (Å²) in [4.78, 5) is 15.6. The van der Waals surface area contributed by atoms with E-state index in [4.69, 9.17) is 4.74 Å². The molecule has 0 bridgehead atoms. The Kier molecular flexibility index (Phi) is 5.22. The Balaban J connectivity index is 2.04. The highest BCUT2D eigenvalue weighted by molar-refractivity contribution is 5.89. The van der Waals surface area contributed by atoms with Crippen LogP contribution in [0.25, 0.3) is 0 Å². The molecule has 0 aliphatic heterocycles. The van der Waals surface area contributed by atoms with E-state index in [1.54, 1.807) is 7.11 Å². The SMILES string of the molecule is COC[C@H](NC(=O)Nc1ccncc1F)c1ccccc1. The van der Waals surface area contributed by atoms with Gasteiger partial charge in [-0.3, -0.25) is 4.98 Å². The van der Waals surface area contributed by atoms with Gasteiger partial charge < -0.3 is 15.4 Å². The van der Waals surface area contributed by atoms with Gasteiger partial charge in [-0.05, 0) is 11.6 Å². The van der Waals surface area contributed by atoms with Crippen LogP contribution in [-0.4, -0.2) is 24.7 Å². The van der Waals surface area contributed by atoms with Gasteiger partial charge in [0.2, 0.25) is 0 Å². The number of halogens is 1. The maximum absolute atomic E-state index is 13.4. The minimum atomic E-state index is -0.587. The Morgan fingerprint density at radius 1 is 1.33 bits per heavy atom. The van der Waals surface area contributed by atoms with E-state index in [2.05, 4.69) is 15.6 Å². The predicted octanol–water partition coefficient (Wildman–Crippen LogP) is 2.73. The van der Waals surface area contributed by atoms with E-state index in [0.29, 0.717) is 6.61 Å². The highest BCUT2D eigenvalue weighted by Crippen LogP contribution is 2.14. The smallest absolute Gasteiger partial charge is 0.319 e. The number of nitrogens with one attached hydrogen (secondary N) is 2. The first kappa shape index (κ1) is 14.9. The van der Waals surface area contributed by atoms with E-state index in [0.717, 1.165) is 11.8 Å². The predicted molar refractivity (Wildman–Crippen MR) is 77.4 cm³/mol. The lowest BCUT2D eigenvalue weighted by Gasteiger charge is -2.18. The largest absolute Gasteiger partial charge is 0.382 e. The van der Waals surface area contributed by atoms with Crippen molar-refractivity contribution in [3.8, 4) is 0 Å². The molecule has 0 unspecified atom stereocenters. The number of nitrogens with zero attached hydrogens (tertiary/aromatic N) is 1. The van der Waals surface area contributed by atoms with Crippen LogP contribution in [0.2, 0.25) is 0 Å². The number of amides is 2. The molecule has 2 aromatic rings. The lowest BCUT2D eigenvalue weighted by molar-refractivity contribution is 0.168. The zero-order chi connectivity index (χ0) is 15.1. The molecule has 0 spiro atoms. The first-order valence-corrected chi connectivity index (χ1v) is 6.41. The van der Waals surface area contributed by atoms with Crippen LogP contribution in [0.4, 0.5) is 14.9 Å². The summed E-state index contributed by atoms with van der Waals surface area (Å²) in [7, 11) is 1.55. The summed E-state index contributed by atoms with van der Waals surface area (Å²) in [5, 5.41) is 5.20. The van der Waals surface area contributed by atoms with Crippen molar-refractivity contribution in [2.45, 2.75) is 6.04 Å². The molecule has 0 aliphatic carbocycles. The monoisotopic (exact) mass is 289 g/mol. The number of carbonyl (C=O) groups is 1. The van der Waals surface area contributed by atoms with Crippen molar-refractivity contribution in [3.63, 3.8) is 0 Å². The lowest BCUT2D eigenvalue weighted by Crippen LogP contribution is -2.35. The van der Waals surface area contributed by atoms with Crippen molar-refractivity contribution >= 4 is 11.7 Å². The van der Waals surface area contributed by atoms with E-state index in [1.165, 1.54) is 12.3 Å². The number of urea groups is 1.